The third kappa shape index (κ3) is 4.49. The molecule has 1 aliphatic carbocycles. The molecule has 0 radical (unpaired) electrons. The van der Waals surface area contributed by atoms with Crippen molar-refractivity contribution in [1.82, 2.24) is 14.8 Å². The number of hydrogen-bond donors (Lipinski definition) is 0. The van der Waals surface area contributed by atoms with Gasteiger partial charge in [0.2, 0.25) is 0 Å². The first-order chi connectivity index (χ1) is 10.2. The molecule has 4 nitrogen and oxygen atoms in total. The van der Waals surface area contributed by atoms with E-state index in [0.717, 1.165) is 31.9 Å². The number of guanidine groups is 1. The van der Waals surface area contributed by atoms with Gasteiger partial charge in [-0.2, -0.15) is 0 Å². The van der Waals surface area contributed by atoms with E-state index in [2.05, 4.69) is 62.2 Å². The van der Waals surface area contributed by atoms with Gasteiger partial charge >= 0.3 is 40.5 Å². The molecule has 0 saturated carbocycles. The number of aliphatic imine (C=N–C) groups is 1. The fourth-order valence-electron chi connectivity index (χ4n) is 2.84. The van der Waals surface area contributed by atoms with Gasteiger partial charge in [-0.05, 0) is 30.9 Å². The quantitative estimate of drug-likeness (QED) is 0.591. The minimum atomic E-state index is -0.250. The van der Waals surface area contributed by atoms with Gasteiger partial charge in [0, 0.05) is 33.4 Å². The van der Waals surface area contributed by atoms with Crippen LogP contribution in [0.4, 0.5) is 0 Å². The van der Waals surface area contributed by atoms with Crippen LogP contribution in [0, 0.1) is 0 Å². The van der Waals surface area contributed by atoms with E-state index in [0.29, 0.717) is 0 Å². The number of aromatic nitrogens is 1. The maximum atomic E-state index is 4.94. The summed E-state index contributed by atoms with van der Waals surface area (Å²) < 4.78 is 0. The molecule has 1 unspecified atom stereocenters. The van der Waals surface area contributed by atoms with Crippen LogP contribution in [0.1, 0.15) is 30.1 Å². The van der Waals surface area contributed by atoms with Gasteiger partial charge in [0.05, 0.1) is 11.7 Å². The monoisotopic (exact) mass is 466 g/mol. The molecule has 7 heteroatoms. The van der Waals surface area contributed by atoms with Crippen LogP contribution in [0.5, 0.6) is 0 Å². The molecule has 1 aromatic rings. The van der Waals surface area contributed by atoms with Crippen molar-refractivity contribution < 1.29 is 13.2 Å². The second-order valence-electron chi connectivity index (χ2n) is 5.33. The molecule has 0 spiro atoms. The van der Waals surface area contributed by atoms with Crippen LogP contribution in [0.3, 0.4) is 0 Å². The first kappa shape index (κ1) is 17.4. The standard InChI is InChI=1S/C14H20N4.2BrH.Zn/c1-17-9-10-18(2)14(17)16-12-7-3-5-11-6-4-8-15-13(11)12;;;/h4,6,8,12H,3,5,7,9-10H2,1-2H3;2*1H;/q;;;+2/p-2. The van der Waals surface area contributed by atoms with Gasteiger partial charge in [0.15, 0.2) is 5.96 Å². The molecule has 1 aromatic heterocycles. The van der Waals surface area contributed by atoms with Gasteiger partial charge in [0.25, 0.3) is 0 Å². The van der Waals surface area contributed by atoms with Crippen molar-refractivity contribution in [3.8, 4) is 0 Å². The molecule has 0 bridgehead atoms. The maximum absolute atomic E-state index is 4.94. The molecule has 21 heavy (non-hydrogen) atoms. The molecule has 2 heterocycles. The van der Waals surface area contributed by atoms with E-state index in [9.17, 15) is 0 Å². The Morgan fingerprint density at radius 1 is 1.29 bits per heavy atom. The third-order valence-electron chi connectivity index (χ3n) is 3.89. The molecular formula is C14H20Br2N4Zn. The van der Waals surface area contributed by atoms with E-state index in [1.807, 2.05) is 12.3 Å². The summed E-state index contributed by atoms with van der Waals surface area (Å²) in [5.74, 6) is 1.11. The second-order valence-corrected chi connectivity index (χ2v) is 19.4. The Morgan fingerprint density at radius 3 is 2.62 bits per heavy atom. The molecule has 0 N–H and O–H groups in total. The molecule has 0 aromatic carbocycles. The SMILES string of the molecule is CN1CCN(C)C1=NC1CCCc2cccnc21.[Br][Zn][Br]. The topological polar surface area (TPSA) is 31.7 Å². The van der Waals surface area contributed by atoms with Gasteiger partial charge in [0.1, 0.15) is 0 Å². The van der Waals surface area contributed by atoms with Crippen molar-refractivity contribution in [2.75, 3.05) is 27.2 Å². The molecule has 112 valence electrons. The normalized spacial score (nSPS) is 20.4. The molecule has 3 rings (SSSR count). The number of nitrogens with zero attached hydrogens (tertiary/aromatic N) is 4. The molecule has 2 aliphatic rings. The first-order valence-corrected chi connectivity index (χ1v) is 21.1. The summed E-state index contributed by atoms with van der Waals surface area (Å²) in [5, 5.41) is 0. The fraction of sp³-hybridized carbons (Fsp3) is 0.571. The Labute approximate surface area is 147 Å². The van der Waals surface area contributed by atoms with Crippen molar-refractivity contribution in [2.45, 2.75) is 25.3 Å². The molecule has 1 aliphatic heterocycles. The molecular weight excluding hydrogens is 449 g/mol. The fourth-order valence-corrected chi connectivity index (χ4v) is 2.84. The van der Waals surface area contributed by atoms with Gasteiger partial charge in [-0.1, -0.05) is 6.07 Å². The van der Waals surface area contributed by atoms with Crippen molar-refractivity contribution in [3.05, 3.63) is 29.6 Å². The van der Waals surface area contributed by atoms with E-state index in [4.69, 9.17) is 4.99 Å². The number of halogens is 2. The summed E-state index contributed by atoms with van der Waals surface area (Å²) >= 11 is 6.25. The van der Waals surface area contributed by atoms with Crippen LogP contribution in [-0.4, -0.2) is 47.9 Å². The Bertz CT molecular complexity index is 486. The molecule has 1 atom stereocenters. The summed E-state index contributed by atoms with van der Waals surface area (Å²) in [5.41, 5.74) is 2.56. The number of aryl methyl sites for hydroxylation is 1. The molecule has 1 fully saturated rings. The number of likely N-dealkylation sites (N-methyl/N-ethyl adjacent to an activating group) is 2. The zero-order valence-electron chi connectivity index (χ0n) is 12.6. The zero-order chi connectivity index (χ0) is 15.2. The van der Waals surface area contributed by atoms with E-state index in [1.54, 1.807) is 0 Å². The van der Waals surface area contributed by atoms with Crippen LogP contribution >= 0.6 is 27.2 Å². The van der Waals surface area contributed by atoms with Gasteiger partial charge in [-0.3, -0.25) is 4.98 Å². The summed E-state index contributed by atoms with van der Waals surface area (Å²) in [4.78, 5) is 14.0. The Morgan fingerprint density at radius 2 is 1.95 bits per heavy atom. The van der Waals surface area contributed by atoms with Crippen LogP contribution in [0.25, 0.3) is 0 Å². The number of pyridine rings is 1. The number of hydrogen-bond acceptors (Lipinski definition) is 2. The van der Waals surface area contributed by atoms with Gasteiger partial charge < -0.3 is 9.80 Å². The minimum absolute atomic E-state index is 0.243. The summed E-state index contributed by atoms with van der Waals surface area (Å²) in [6.07, 6.45) is 5.37. The Hall–Kier alpha value is 0.00338. The van der Waals surface area contributed by atoms with Crippen LogP contribution in [-0.2, 0) is 19.6 Å². The van der Waals surface area contributed by atoms with Crippen LogP contribution < -0.4 is 0 Å². The first-order valence-electron chi connectivity index (χ1n) is 7.23. The average molecular weight is 470 g/mol. The third-order valence-corrected chi connectivity index (χ3v) is 3.89. The van der Waals surface area contributed by atoms with Crippen LogP contribution in [0.2, 0.25) is 0 Å². The summed E-state index contributed by atoms with van der Waals surface area (Å²) in [6, 6.07) is 4.46. The number of fused-ring (bicyclic) bond motifs is 1. The average Bonchev–Trinajstić information content (AvgIpc) is 2.80. The van der Waals surface area contributed by atoms with Gasteiger partial charge in [-0.25, -0.2) is 4.99 Å². The Balaban J connectivity index is 0.000000497. The zero-order valence-corrected chi connectivity index (χ0v) is 18.7. The summed E-state index contributed by atoms with van der Waals surface area (Å²) in [7, 11) is 4.23. The van der Waals surface area contributed by atoms with Crippen molar-refractivity contribution in [1.29, 1.82) is 0 Å². The molecule has 1 saturated heterocycles. The van der Waals surface area contributed by atoms with E-state index >= 15 is 0 Å². The number of rotatable bonds is 1. The van der Waals surface area contributed by atoms with Crippen molar-refractivity contribution >= 4 is 33.2 Å². The predicted molar refractivity (Wildman–Crippen MR) is 90.5 cm³/mol. The van der Waals surface area contributed by atoms with E-state index in [-0.39, 0.29) is 19.2 Å². The molecule has 0 amide bonds. The van der Waals surface area contributed by atoms with Crippen molar-refractivity contribution in [3.63, 3.8) is 0 Å². The van der Waals surface area contributed by atoms with Crippen molar-refractivity contribution in [2.24, 2.45) is 4.99 Å². The van der Waals surface area contributed by atoms with E-state index < -0.39 is 0 Å². The second kappa shape index (κ2) is 8.59. The van der Waals surface area contributed by atoms with Crippen LogP contribution in [0.15, 0.2) is 23.3 Å². The predicted octanol–water partition coefficient (Wildman–Crippen LogP) is 3.38. The summed E-state index contributed by atoms with van der Waals surface area (Å²) in [6.45, 7) is 2.13. The van der Waals surface area contributed by atoms with E-state index in [1.165, 1.54) is 17.7 Å². The van der Waals surface area contributed by atoms with Gasteiger partial charge in [-0.15, -0.1) is 0 Å². The Kier molecular flexibility index (Phi) is 7.10.